The molecule has 0 saturated heterocycles. The standard InChI is InChI=1S/C8H11NO3/c10-5-9-4-6-7(11)2-1-3-8(6)12/h1-3,9-12H,4-5H2. The highest BCUT2D eigenvalue weighted by Crippen LogP contribution is 2.25. The zero-order valence-corrected chi connectivity index (χ0v) is 6.49. The van der Waals surface area contributed by atoms with Crippen LogP contribution in [0.1, 0.15) is 5.56 Å². The highest BCUT2D eigenvalue weighted by Gasteiger charge is 2.04. The topological polar surface area (TPSA) is 72.7 Å². The van der Waals surface area contributed by atoms with Crippen LogP contribution in [0.2, 0.25) is 0 Å². The van der Waals surface area contributed by atoms with Crippen molar-refractivity contribution in [2.45, 2.75) is 6.54 Å². The molecule has 0 aliphatic rings. The van der Waals surface area contributed by atoms with Crippen molar-refractivity contribution in [1.29, 1.82) is 0 Å². The van der Waals surface area contributed by atoms with Gasteiger partial charge in [-0.3, -0.25) is 5.32 Å². The third-order valence-electron chi connectivity index (χ3n) is 1.54. The molecule has 66 valence electrons. The molecule has 0 unspecified atom stereocenters. The van der Waals surface area contributed by atoms with Gasteiger partial charge in [0.1, 0.15) is 11.5 Å². The number of aliphatic hydroxyl groups excluding tert-OH is 1. The first-order chi connectivity index (χ1) is 5.75. The molecule has 0 atom stereocenters. The number of hydrogen-bond acceptors (Lipinski definition) is 4. The Kier molecular flexibility index (Phi) is 2.90. The van der Waals surface area contributed by atoms with Crippen LogP contribution in [0.3, 0.4) is 0 Å². The van der Waals surface area contributed by atoms with Crippen molar-refractivity contribution in [3.8, 4) is 11.5 Å². The SMILES string of the molecule is OCNCc1c(O)cccc1O. The minimum Gasteiger partial charge on any atom is -0.507 e. The number of aromatic hydroxyl groups is 2. The number of hydrogen-bond donors (Lipinski definition) is 4. The molecule has 0 radical (unpaired) electrons. The second-order valence-corrected chi connectivity index (χ2v) is 2.36. The molecule has 0 aliphatic carbocycles. The lowest BCUT2D eigenvalue weighted by Gasteiger charge is -2.06. The number of phenolic OH excluding ortho intramolecular Hbond substituents is 2. The van der Waals surface area contributed by atoms with Gasteiger partial charge in [0.05, 0.1) is 6.73 Å². The van der Waals surface area contributed by atoms with E-state index in [4.69, 9.17) is 5.11 Å². The predicted molar refractivity (Wildman–Crippen MR) is 43.7 cm³/mol. The van der Waals surface area contributed by atoms with E-state index in [2.05, 4.69) is 5.32 Å². The van der Waals surface area contributed by atoms with E-state index in [0.29, 0.717) is 5.56 Å². The Balaban J connectivity index is 2.81. The molecule has 0 bridgehead atoms. The molecule has 0 aliphatic heterocycles. The zero-order chi connectivity index (χ0) is 8.97. The number of aliphatic hydroxyl groups is 1. The van der Waals surface area contributed by atoms with Crippen LogP contribution in [0, 0.1) is 0 Å². The second kappa shape index (κ2) is 3.94. The van der Waals surface area contributed by atoms with Crippen molar-refractivity contribution < 1.29 is 15.3 Å². The summed E-state index contributed by atoms with van der Waals surface area (Å²) in [5, 5.41) is 29.5. The summed E-state index contributed by atoms with van der Waals surface area (Å²) in [4.78, 5) is 0. The summed E-state index contributed by atoms with van der Waals surface area (Å²) >= 11 is 0. The van der Waals surface area contributed by atoms with Crippen molar-refractivity contribution in [3.63, 3.8) is 0 Å². The van der Waals surface area contributed by atoms with Crippen LogP contribution in [0.5, 0.6) is 11.5 Å². The van der Waals surface area contributed by atoms with Crippen molar-refractivity contribution in [1.82, 2.24) is 5.32 Å². The maximum absolute atomic E-state index is 9.24. The van der Waals surface area contributed by atoms with Gasteiger partial charge in [-0.25, -0.2) is 0 Å². The van der Waals surface area contributed by atoms with E-state index < -0.39 is 0 Å². The van der Waals surface area contributed by atoms with Crippen LogP contribution in [-0.4, -0.2) is 22.1 Å². The van der Waals surface area contributed by atoms with Gasteiger partial charge in [0.15, 0.2) is 0 Å². The number of phenols is 2. The minimum atomic E-state index is -0.187. The lowest BCUT2D eigenvalue weighted by Crippen LogP contribution is -2.13. The summed E-state index contributed by atoms with van der Waals surface area (Å²) < 4.78 is 0. The zero-order valence-electron chi connectivity index (χ0n) is 6.49. The molecule has 0 amide bonds. The van der Waals surface area contributed by atoms with Crippen LogP contribution in [0.25, 0.3) is 0 Å². The number of rotatable bonds is 3. The van der Waals surface area contributed by atoms with Gasteiger partial charge in [0.25, 0.3) is 0 Å². The van der Waals surface area contributed by atoms with E-state index in [1.807, 2.05) is 0 Å². The second-order valence-electron chi connectivity index (χ2n) is 2.36. The first kappa shape index (κ1) is 8.83. The van der Waals surface area contributed by atoms with Gasteiger partial charge in [0.2, 0.25) is 0 Å². The lowest BCUT2D eigenvalue weighted by atomic mass is 10.2. The van der Waals surface area contributed by atoms with Crippen molar-refractivity contribution in [2.24, 2.45) is 0 Å². The summed E-state index contributed by atoms with van der Waals surface area (Å²) in [5.74, 6) is 0.0481. The first-order valence-electron chi connectivity index (χ1n) is 3.57. The monoisotopic (exact) mass is 169 g/mol. The highest BCUT2D eigenvalue weighted by molar-refractivity contribution is 5.42. The molecule has 1 aromatic rings. The highest BCUT2D eigenvalue weighted by atomic mass is 16.3. The fraction of sp³-hybridized carbons (Fsp3) is 0.250. The lowest BCUT2D eigenvalue weighted by molar-refractivity contribution is 0.257. The molecule has 4 heteroatoms. The van der Waals surface area contributed by atoms with Crippen molar-refractivity contribution in [3.05, 3.63) is 23.8 Å². The average molecular weight is 169 g/mol. The first-order valence-corrected chi connectivity index (χ1v) is 3.57. The van der Waals surface area contributed by atoms with Crippen LogP contribution < -0.4 is 5.32 Å². The largest absolute Gasteiger partial charge is 0.507 e. The fourth-order valence-electron chi connectivity index (χ4n) is 0.925. The molecule has 0 heterocycles. The normalized spacial score (nSPS) is 10.1. The van der Waals surface area contributed by atoms with Crippen LogP contribution in [-0.2, 0) is 6.54 Å². The molecule has 0 spiro atoms. The van der Waals surface area contributed by atoms with Gasteiger partial charge < -0.3 is 15.3 Å². The molecule has 4 nitrogen and oxygen atoms in total. The average Bonchev–Trinajstić information content (AvgIpc) is 2.04. The Morgan fingerprint density at radius 2 is 1.75 bits per heavy atom. The third kappa shape index (κ3) is 1.87. The quantitative estimate of drug-likeness (QED) is 0.485. The maximum Gasteiger partial charge on any atom is 0.123 e. The maximum atomic E-state index is 9.24. The summed E-state index contributed by atoms with van der Waals surface area (Å²) in [6, 6.07) is 4.51. The molecule has 0 fully saturated rings. The van der Waals surface area contributed by atoms with Gasteiger partial charge in [0, 0.05) is 12.1 Å². The Hall–Kier alpha value is -1.26. The molecule has 1 aromatic carbocycles. The van der Waals surface area contributed by atoms with Gasteiger partial charge in [-0.1, -0.05) is 6.07 Å². The molecular formula is C8H11NO3. The molecule has 0 saturated carbocycles. The Morgan fingerprint density at radius 3 is 2.25 bits per heavy atom. The summed E-state index contributed by atoms with van der Waals surface area (Å²) in [6.45, 7) is 0.0583. The van der Waals surface area contributed by atoms with E-state index in [-0.39, 0.29) is 24.8 Å². The smallest absolute Gasteiger partial charge is 0.123 e. The predicted octanol–water partition coefficient (Wildman–Crippen LogP) is 0.137. The van der Waals surface area contributed by atoms with E-state index in [1.165, 1.54) is 12.1 Å². The third-order valence-corrected chi connectivity index (χ3v) is 1.54. The summed E-state index contributed by atoms with van der Waals surface area (Å²) in [6.07, 6.45) is 0. The Labute approximate surface area is 70.1 Å². The van der Waals surface area contributed by atoms with Crippen LogP contribution in [0.15, 0.2) is 18.2 Å². The van der Waals surface area contributed by atoms with Crippen molar-refractivity contribution >= 4 is 0 Å². The van der Waals surface area contributed by atoms with Gasteiger partial charge >= 0.3 is 0 Å². The van der Waals surface area contributed by atoms with Gasteiger partial charge in [-0.2, -0.15) is 0 Å². The molecule has 1 rings (SSSR count). The van der Waals surface area contributed by atoms with E-state index >= 15 is 0 Å². The van der Waals surface area contributed by atoms with Gasteiger partial charge in [-0.15, -0.1) is 0 Å². The van der Waals surface area contributed by atoms with Crippen molar-refractivity contribution in [2.75, 3.05) is 6.73 Å². The number of nitrogens with one attached hydrogen (secondary N) is 1. The molecule has 4 N–H and O–H groups in total. The minimum absolute atomic E-state index is 0.0240. The molecular weight excluding hydrogens is 158 g/mol. The van der Waals surface area contributed by atoms with Gasteiger partial charge in [-0.05, 0) is 12.1 Å². The van der Waals surface area contributed by atoms with Crippen LogP contribution in [0.4, 0.5) is 0 Å². The van der Waals surface area contributed by atoms with E-state index in [1.54, 1.807) is 6.07 Å². The van der Waals surface area contributed by atoms with Crippen LogP contribution >= 0.6 is 0 Å². The number of benzene rings is 1. The molecule has 12 heavy (non-hydrogen) atoms. The van der Waals surface area contributed by atoms with E-state index in [9.17, 15) is 10.2 Å². The summed E-state index contributed by atoms with van der Waals surface area (Å²) in [7, 11) is 0. The fourth-order valence-corrected chi connectivity index (χ4v) is 0.925. The molecule has 0 aromatic heterocycles. The summed E-state index contributed by atoms with van der Waals surface area (Å²) in [5.41, 5.74) is 0.395. The Morgan fingerprint density at radius 1 is 1.17 bits per heavy atom. The van der Waals surface area contributed by atoms with E-state index in [0.717, 1.165) is 0 Å². The Bertz CT molecular complexity index is 242.